The summed E-state index contributed by atoms with van der Waals surface area (Å²) in [5, 5.41) is 0. The second-order valence-corrected chi connectivity index (χ2v) is 7.25. The van der Waals surface area contributed by atoms with E-state index in [1.807, 2.05) is 0 Å². The number of aryl methyl sites for hydroxylation is 1. The number of carbonyl (C=O) groups is 1. The lowest BCUT2D eigenvalue weighted by atomic mass is 9.62. The van der Waals surface area contributed by atoms with E-state index in [1.165, 1.54) is 11.1 Å². The van der Waals surface area contributed by atoms with Gasteiger partial charge >= 0.3 is 0 Å². The first-order chi connectivity index (χ1) is 8.47. The van der Waals surface area contributed by atoms with Gasteiger partial charge in [0.15, 0.2) is 0 Å². The van der Waals surface area contributed by atoms with Crippen LogP contribution in [0.2, 0.25) is 0 Å². The molecule has 4 saturated carbocycles. The minimum Gasteiger partial charge on any atom is -0.299 e. The number of rotatable bonds is 1. The molecule has 4 aliphatic carbocycles. The molecule has 0 radical (unpaired) electrons. The topological polar surface area (TPSA) is 17.1 Å². The Morgan fingerprint density at radius 1 is 1.17 bits per heavy atom. The second kappa shape index (κ2) is 2.89. The van der Waals surface area contributed by atoms with Crippen LogP contribution in [0.4, 0.5) is 0 Å². The lowest BCUT2D eigenvalue weighted by Gasteiger charge is -2.39. The Labute approximate surface area is 109 Å². The van der Waals surface area contributed by atoms with Crippen LogP contribution in [0.3, 0.4) is 0 Å². The molecule has 0 saturated heterocycles. The molecule has 0 N–H and O–H groups in total. The Morgan fingerprint density at radius 3 is 2.50 bits per heavy atom. The van der Waals surface area contributed by atoms with Crippen molar-refractivity contribution < 1.29 is 4.79 Å². The van der Waals surface area contributed by atoms with Gasteiger partial charge in [0.1, 0.15) is 5.78 Å². The van der Waals surface area contributed by atoms with Crippen molar-refractivity contribution in [3.63, 3.8) is 0 Å². The fraction of sp³-hybridized carbons (Fsp3) is 0.588. The molecule has 94 valence electrons. The zero-order chi connectivity index (χ0) is 12.7. The number of carbonyl (C=O) groups excluding carboxylic acids is 1. The summed E-state index contributed by atoms with van der Waals surface area (Å²) in [5.74, 6) is 2.44. The standard InChI is InChI=1S/C17H20O/c1-10-4-6-11(7-5-10)14-15-12-8-13(18)17(14,3)9-16(12,15)2/h4-7,12,14-15H,8-9H2,1-3H3/t12-,14+,15-,16-,17+/m0/s1. The molecule has 5 rings (SSSR count). The van der Waals surface area contributed by atoms with Gasteiger partial charge in [-0.15, -0.1) is 0 Å². The number of benzene rings is 1. The van der Waals surface area contributed by atoms with Crippen LogP contribution >= 0.6 is 0 Å². The van der Waals surface area contributed by atoms with E-state index in [4.69, 9.17) is 0 Å². The molecule has 0 aromatic heterocycles. The van der Waals surface area contributed by atoms with E-state index in [-0.39, 0.29) is 5.41 Å². The normalized spacial score (nSPS) is 48.4. The first-order valence-electron chi connectivity index (χ1n) is 7.07. The molecule has 18 heavy (non-hydrogen) atoms. The molecule has 0 spiro atoms. The predicted molar refractivity (Wildman–Crippen MR) is 71.4 cm³/mol. The van der Waals surface area contributed by atoms with E-state index >= 15 is 0 Å². The molecule has 0 heterocycles. The van der Waals surface area contributed by atoms with E-state index in [9.17, 15) is 4.79 Å². The van der Waals surface area contributed by atoms with Crippen molar-refractivity contribution in [2.24, 2.45) is 22.7 Å². The smallest absolute Gasteiger partial charge is 0.139 e. The fourth-order valence-electron chi connectivity index (χ4n) is 5.27. The summed E-state index contributed by atoms with van der Waals surface area (Å²) < 4.78 is 0. The van der Waals surface area contributed by atoms with Crippen molar-refractivity contribution in [1.82, 2.24) is 0 Å². The maximum Gasteiger partial charge on any atom is 0.139 e. The number of hydrogen-bond acceptors (Lipinski definition) is 1. The first kappa shape index (κ1) is 10.8. The molecule has 1 aromatic rings. The average Bonchev–Trinajstić information content (AvgIpc) is 2.77. The molecule has 0 aliphatic heterocycles. The van der Waals surface area contributed by atoms with E-state index in [0.717, 1.165) is 18.8 Å². The Bertz CT molecular complexity index is 543. The third kappa shape index (κ3) is 1.03. The van der Waals surface area contributed by atoms with Crippen LogP contribution in [-0.4, -0.2) is 5.78 Å². The zero-order valence-electron chi connectivity index (χ0n) is 11.4. The van der Waals surface area contributed by atoms with Gasteiger partial charge in [-0.05, 0) is 42.1 Å². The summed E-state index contributed by atoms with van der Waals surface area (Å²) in [7, 11) is 0. The molecule has 4 fully saturated rings. The Morgan fingerprint density at radius 2 is 1.83 bits per heavy atom. The highest BCUT2D eigenvalue weighted by atomic mass is 16.1. The van der Waals surface area contributed by atoms with Crippen LogP contribution in [0, 0.1) is 29.6 Å². The van der Waals surface area contributed by atoms with Crippen molar-refractivity contribution in [3.05, 3.63) is 35.4 Å². The molecule has 4 bridgehead atoms. The molecule has 0 amide bonds. The van der Waals surface area contributed by atoms with Crippen LogP contribution in [0.25, 0.3) is 0 Å². The van der Waals surface area contributed by atoms with Gasteiger partial charge in [0.2, 0.25) is 0 Å². The monoisotopic (exact) mass is 240 g/mol. The van der Waals surface area contributed by atoms with Crippen molar-refractivity contribution in [3.8, 4) is 0 Å². The van der Waals surface area contributed by atoms with Gasteiger partial charge in [0.05, 0.1) is 0 Å². The van der Waals surface area contributed by atoms with Gasteiger partial charge in [-0.1, -0.05) is 43.7 Å². The SMILES string of the molecule is Cc1ccc([C@@H]2[C@@H]3[C@@H]4CC(=O)[C@@]2(C)C[C@]34C)cc1. The lowest BCUT2D eigenvalue weighted by molar-refractivity contribution is -0.133. The van der Waals surface area contributed by atoms with Gasteiger partial charge in [0.25, 0.3) is 0 Å². The van der Waals surface area contributed by atoms with Crippen molar-refractivity contribution in [2.45, 2.75) is 39.5 Å². The quantitative estimate of drug-likeness (QED) is 0.731. The average molecular weight is 240 g/mol. The molecule has 4 aliphatic rings. The van der Waals surface area contributed by atoms with Crippen molar-refractivity contribution in [1.29, 1.82) is 0 Å². The Balaban J connectivity index is 1.82. The number of Topliss-reactive ketones (excluding diaryl/α,β-unsaturated/α-hetero) is 1. The number of hydrogen-bond donors (Lipinski definition) is 0. The largest absolute Gasteiger partial charge is 0.299 e. The third-order valence-corrected chi connectivity index (χ3v) is 6.21. The molecule has 5 atom stereocenters. The summed E-state index contributed by atoms with van der Waals surface area (Å²) in [5.41, 5.74) is 3.09. The maximum atomic E-state index is 12.4. The predicted octanol–water partition coefficient (Wildman–Crippen LogP) is 3.71. The molecule has 1 nitrogen and oxygen atoms in total. The number of fused-ring (bicyclic) bond motifs is 1. The van der Waals surface area contributed by atoms with Gasteiger partial charge < -0.3 is 0 Å². The first-order valence-corrected chi connectivity index (χ1v) is 7.07. The van der Waals surface area contributed by atoms with Crippen LogP contribution in [0.15, 0.2) is 24.3 Å². The fourth-order valence-corrected chi connectivity index (χ4v) is 5.27. The van der Waals surface area contributed by atoms with E-state index in [0.29, 0.717) is 23.0 Å². The van der Waals surface area contributed by atoms with Crippen LogP contribution < -0.4 is 0 Å². The third-order valence-electron chi connectivity index (χ3n) is 6.21. The molecule has 0 unspecified atom stereocenters. The van der Waals surface area contributed by atoms with E-state index in [1.54, 1.807) is 0 Å². The van der Waals surface area contributed by atoms with Crippen molar-refractivity contribution >= 4 is 5.78 Å². The molecular weight excluding hydrogens is 220 g/mol. The minimum absolute atomic E-state index is 0.0799. The Hall–Kier alpha value is -1.11. The maximum absolute atomic E-state index is 12.4. The summed E-state index contributed by atoms with van der Waals surface area (Å²) in [6, 6.07) is 8.87. The summed E-state index contributed by atoms with van der Waals surface area (Å²) >= 11 is 0. The summed E-state index contributed by atoms with van der Waals surface area (Å²) in [6.07, 6.45) is 1.97. The summed E-state index contributed by atoms with van der Waals surface area (Å²) in [6.45, 7) is 6.74. The molecular formula is C17H20O. The van der Waals surface area contributed by atoms with Crippen LogP contribution in [0.5, 0.6) is 0 Å². The van der Waals surface area contributed by atoms with E-state index < -0.39 is 0 Å². The highest BCUT2D eigenvalue weighted by Gasteiger charge is 2.78. The van der Waals surface area contributed by atoms with Gasteiger partial charge in [-0.25, -0.2) is 0 Å². The van der Waals surface area contributed by atoms with Crippen LogP contribution in [-0.2, 0) is 4.79 Å². The highest BCUT2D eigenvalue weighted by molar-refractivity contribution is 5.90. The highest BCUT2D eigenvalue weighted by Crippen LogP contribution is 2.82. The number of ketones is 1. The van der Waals surface area contributed by atoms with Gasteiger partial charge in [-0.2, -0.15) is 0 Å². The molecule has 1 aromatic carbocycles. The zero-order valence-corrected chi connectivity index (χ0v) is 11.4. The lowest BCUT2D eigenvalue weighted by Crippen LogP contribution is -2.39. The van der Waals surface area contributed by atoms with Crippen molar-refractivity contribution in [2.75, 3.05) is 0 Å². The summed E-state index contributed by atoms with van der Waals surface area (Å²) in [4.78, 5) is 12.4. The van der Waals surface area contributed by atoms with E-state index in [2.05, 4.69) is 45.0 Å². The van der Waals surface area contributed by atoms with Crippen LogP contribution in [0.1, 0.15) is 43.7 Å². The van der Waals surface area contributed by atoms with Gasteiger partial charge in [0, 0.05) is 11.8 Å². The molecule has 1 heteroatoms. The minimum atomic E-state index is -0.0799. The Kier molecular flexibility index (Phi) is 1.73. The van der Waals surface area contributed by atoms with Gasteiger partial charge in [-0.3, -0.25) is 4.79 Å². The second-order valence-electron chi connectivity index (χ2n) is 7.25.